The van der Waals surface area contributed by atoms with E-state index in [1.807, 2.05) is 13.8 Å². The van der Waals surface area contributed by atoms with Crippen LogP contribution in [-0.2, 0) is 9.22 Å². The van der Waals surface area contributed by atoms with Gasteiger partial charge in [-0.1, -0.05) is 55.4 Å². The Morgan fingerprint density at radius 2 is 1.35 bits per heavy atom. The van der Waals surface area contributed by atoms with Gasteiger partial charge in [0.15, 0.2) is 8.32 Å². The minimum Gasteiger partial charge on any atom is -0.413 e. The number of aliphatic hydroxyl groups is 1. The monoisotopic (exact) mass is 302 g/mol. The molecule has 0 aromatic heterocycles. The van der Waals surface area contributed by atoms with Gasteiger partial charge in [0.2, 0.25) is 0 Å². The molecule has 20 heavy (non-hydrogen) atoms. The summed E-state index contributed by atoms with van der Waals surface area (Å²) in [5.74, 6) is -0.201. The zero-order valence-corrected chi connectivity index (χ0v) is 15.5. The van der Waals surface area contributed by atoms with Crippen LogP contribution in [0.4, 0.5) is 0 Å². The van der Waals surface area contributed by atoms with E-state index in [4.69, 9.17) is 4.43 Å². The first-order chi connectivity index (χ1) is 9.11. The number of aliphatic hydroxyl groups excluding tert-OH is 1. The smallest absolute Gasteiger partial charge is 0.200 e. The van der Waals surface area contributed by atoms with E-state index in [1.54, 1.807) is 0 Å². The molecule has 0 rings (SSSR count). The molecule has 0 unspecified atom stereocenters. The summed E-state index contributed by atoms with van der Waals surface area (Å²) in [5.41, 5.74) is 1.47. The fourth-order valence-corrected chi connectivity index (χ4v) is 8.99. The van der Waals surface area contributed by atoms with Crippen LogP contribution in [0.25, 0.3) is 0 Å². The molecule has 0 heterocycles. The van der Waals surface area contributed by atoms with Crippen LogP contribution < -0.4 is 0 Å². The average molecular weight is 303 g/mol. The fourth-order valence-electron chi connectivity index (χ4n) is 3.53. The molecule has 2 atom stereocenters. The maximum Gasteiger partial charge on any atom is 0.200 e. The number of carbonyl (C=O) groups is 1. The molecule has 0 saturated carbocycles. The Bertz CT molecular complexity index is 266. The Labute approximate surface area is 126 Å². The third-order valence-corrected chi connectivity index (χ3v) is 10.7. The van der Waals surface area contributed by atoms with Crippen molar-refractivity contribution >= 4 is 14.6 Å². The van der Waals surface area contributed by atoms with Crippen molar-refractivity contribution in [2.75, 3.05) is 6.61 Å². The predicted molar refractivity (Wildman–Crippen MR) is 87.4 cm³/mol. The molecule has 0 fully saturated rings. The second kappa shape index (κ2) is 8.30. The second-order valence-electron chi connectivity index (χ2n) is 7.15. The Morgan fingerprint density at radius 1 is 0.950 bits per heavy atom. The van der Waals surface area contributed by atoms with Gasteiger partial charge in [0.05, 0.1) is 12.7 Å². The molecule has 0 spiro atoms. The number of aldehydes is 1. The molecule has 0 aliphatic rings. The number of hydrogen-bond acceptors (Lipinski definition) is 3. The van der Waals surface area contributed by atoms with E-state index in [0.29, 0.717) is 16.6 Å². The number of rotatable bonds is 9. The lowest BCUT2D eigenvalue weighted by Gasteiger charge is -2.43. The molecule has 0 radical (unpaired) electrons. The molecule has 0 aliphatic heterocycles. The van der Waals surface area contributed by atoms with Crippen molar-refractivity contribution in [3.63, 3.8) is 0 Å². The minimum atomic E-state index is -1.96. The quantitative estimate of drug-likeness (QED) is 0.517. The van der Waals surface area contributed by atoms with E-state index in [1.165, 1.54) is 0 Å². The lowest BCUT2D eigenvalue weighted by Crippen LogP contribution is -2.50. The zero-order chi connectivity index (χ0) is 16.1. The van der Waals surface area contributed by atoms with Crippen LogP contribution in [0.15, 0.2) is 0 Å². The third-order valence-electron chi connectivity index (χ3n) is 4.58. The predicted octanol–water partition coefficient (Wildman–Crippen LogP) is 4.01. The van der Waals surface area contributed by atoms with E-state index in [9.17, 15) is 9.90 Å². The summed E-state index contributed by atoms with van der Waals surface area (Å²) in [7, 11) is -1.96. The fraction of sp³-hybridized carbons (Fsp3) is 0.938. The molecule has 0 aromatic carbocycles. The molecule has 0 amide bonds. The van der Waals surface area contributed by atoms with Crippen LogP contribution in [0.5, 0.6) is 0 Å². The minimum absolute atomic E-state index is 0.138. The highest BCUT2D eigenvalue weighted by atomic mass is 28.4. The van der Waals surface area contributed by atoms with Gasteiger partial charge < -0.3 is 14.3 Å². The summed E-state index contributed by atoms with van der Waals surface area (Å²) in [6, 6.07) is 0. The largest absolute Gasteiger partial charge is 0.413 e. The third kappa shape index (κ3) is 4.40. The lowest BCUT2D eigenvalue weighted by atomic mass is 9.92. The first-order valence-electron chi connectivity index (χ1n) is 7.88. The van der Waals surface area contributed by atoms with Gasteiger partial charge in [0.1, 0.15) is 6.29 Å². The molecule has 0 saturated heterocycles. The Morgan fingerprint density at radius 3 is 1.60 bits per heavy atom. The highest BCUT2D eigenvalue weighted by Crippen LogP contribution is 2.42. The maximum absolute atomic E-state index is 11.1. The standard InChI is InChI=1S/C16H34O3Si/c1-11(2)15(9-17)16(18)10-19-20(12(3)4,13(5)6)14(7)8/h9,11-16,18H,10H2,1-8H3/t15-,16-/m0/s1. The first kappa shape index (κ1) is 19.8. The van der Waals surface area contributed by atoms with Crippen LogP contribution in [0.2, 0.25) is 16.6 Å². The summed E-state index contributed by atoms with van der Waals surface area (Å²) in [5, 5.41) is 10.3. The van der Waals surface area contributed by atoms with Gasteiger partial charge in [-0.3, -0.25) is 0 Å². The number of hydrogen-bond donors (Lipinski definition) is 1. The van der Waals surface area contributed by atoms with Gasteiger partial charge >= 0.3 is 0 Å². The molecular formula is C16H34O3Si. The molecule has 4 heteroatoms. The highest BCUT2D eigenvalue weighted by molar-refractivity contribution is 6.77. The molecule has 120 valence electrons. The van der Waals surface area contributed by atoms with Gasteiger partial charge in [0.25, 0.3) is 0 Å². The molecule has 1 N–H and O–H groups in total. The van der Waals surface area contributed by atoms with E-state index >= 15 is 0 Å². The van der Waals surface area contributed by atoms with Crippen LogP contribution in [0.3, 0.4) is 0 Å². The highest BCUT2D eigenvalue weighted by Gasteiger charge is 2.45. The van der Waals surface area contributed by atoms with Gasteiger partial charge in [-0.25, -0.2) is 0 Å². The SMILES string of the molecule is CC(C)[C@H](C=O)[C@@H](O)CO[Si](C(C)C)(C(C)C)C(C)C. The van der Waals surface area contributed by atoms with Gasteiger partial charge in [0, 0.05) is 5.92 Å². The Hall–Kier alpha value is -0.193. The normalized spacial score (nSPS) is 16.2. The number of carbonyl (C=O) groups excluding carboxylic acids is 1. The van der Waals surface area contributed by atoms with Crippen molar-refractivity contribution in [1.82, 2.24) is 0 Å². The summed E-state index contributed by atoms with van der Waals surface area (Å²) >= 11 is 0. The molecule has 0 aromatic rings. The zero-order valence-electron chi connectivity index (χ0n) is 14.5. The summed E-state index contributed by atoms with van der Waals surface area (Å²) in [4.78, 5) is 11.1. The molecule has 0 aliphatic carbocycles. The van der Waals surface area contributed by atoms with E-state index in [-0.39, 0.29) is 18.4 Å². The van der Waals surface area contributed by atoms with Gasteiger partial charge in [-0.05, 0) is 22.5 Å². The second-order valence-corrected chi connectivity index (χ2v) is 12.6. The van der Waals surface area contributed by atoms with Gasteiger partial charge in [-0.2, -0.15) is 0 Å². The molecule has 0 bridgehead atoms. The van der Waals surface area contributed by atoms with Crippen molar-refractivity contribution in [1.29, 1.82) is 0 Å². The average Bonchev–Trinajstić information content (AvgIpc) is 2.28. The van der Waals surface area contributed by atoms with E-state index < -0.39 is 14.4 Å². The van der Waals surface area contributed by atoms with Crippen molar-refractivity contribution in [2.45, 2.75) is 78.1 Å². The Balaban J connectivity index is 4.99. The van der Waals surface area contributed by atoms with Crippen LogP contribution in [-0.4, -0.2) is 32.4 Å². The molecule has 3 nitrogen and oxygen atoms in total. The van der Waals surface area contributed by atoms with Crippen molar-refractivity contribution in [3.05, 3.63) is 0 Å². The van der Waals surface area contributed by atoms with Crippen LogP contribution >= 0.6 is 0 Å². The summed E-state index contributed by atoms with van der Waals surface area (Å²) < 4.78 is 6.34. The summed E-state index contributed by atoms with van der Waals surface area (Å²) in [6.45, 7) is 17.5. The first-order valence-corrected chi connectivity index (χ1v) is 10.0. The van der Waals surface area contributed by atoms with Crippen molar-refractivity contribution in [3.8, 4) is 0 Å². The van der Waals surface area contributed by atoms with E-state index in [2.05, 4.69) is 41.5 Å². The van der Waals surface area contributed by atoms with Gasteiger partial charge in [-0.15, -0.1) is 0 Å². The lowest BCUT2D eigenvalue weighted by molar-refractivity contribution is -0.117. The molecular weight excluding hydrogens is 268 g/mol. The summed E-state index contributed by atoms with van der Waals surface area (Å²) in [6.07, 6.45) is 0.165. The van der Waals surface area contributed by atoms with Crippen LogP contribution in [0, 0.1) is 11.8 Å². The van der Waals surface area contributed by atoms with Crippen LogP contribution in [0.1, 0.15) is 55.4 Å². The van der Waals surface area contributed by atoms with E-state index in [0.717, 1.165) is 6.29 Å². The van der Waals surface area contributed by atoms with Crippen molar-refractivity contribution in [2.24, 2.45) is 11.8 Å². The maximum atomic E-state index is 11.1. The Kier molecular flexibility index (Phi) is 8.22. The topological polar surface area (TPSA) is 46.5 Å². The van der Waals surface area contributed by atoms with Crippen molar-refractivity contribution < 1.29 is 14.3 Å².